The van der Waals surface area contributed by atoms with E-state index in [9.17, 15) is 27.6 Å². The molecule has 7 rings (SSSR count). The average molecular weight is 830 g/mol. The molecule has 0 bridgehead atoms. The Morgan fingerprint density at radius 3 is 2.37 bits per heavy atom. The molecule has 1 aromatic heterocycles. The molecule has 3 heterocycles. The number of ether oxygens (including phenoxy) is 1. The molecule has 316 valence electrons. The molecule has 2 aliphatic carbocycles. The number of fused-ring (bicyclic) bond motifs is 3. The first-order valence-electron chi connectivity index (χ1n) is 20.6. The molecule has 0 spiro atoms. The van der Waals surface area contributed by atoms with Gasteiger partial charge < -0.3 is 25.2 Å². The third-order valence-corrected chi connectivity index (χ3v) is 14.8. The second kappa shape index (κ2) is 16.1. The maximum absolute atomic E-state index is 15.0. The zero-order valence-electron chi connectivity index (χ0n) is 34.6. The summed E-state index contributed by atoms with van der Waals surface area (Å²) in [4.78, 5) is 74.0. The van der Waals surface area contributed by atoms with E-state index in [1.54, 1.807) is 50.2 Å². The van der Waals surface area contributed by atoms with Crippen molar-refractivity contribution >= 4 is 50.1 Å². The number of hydrogen-bond donors (Lipinski definition) is 3. The molecule has 16 heteroatoms. The highest BCUT2D eigenvalue weighted by Gasteiger charge is 2.63. The molecule has 4 aliphatic rings. The van der Waals surface area contributed by atoms with Gasteiger partial charge in [0.15, 0.2) is 0 Å². The summed E-state index contributed by atoms with van der Waals surface area (Å²) < 4.78 is 35.5. The van der Waals surface area contributed by atoms with Crippen LogP contribution in [0.1, 0.15) is 83.0 Å². The van der Waals surface area contributed by atoms with Gasteiger partial charge >= 0.3 is 0 Å². The summed E-state index contributed by atoms with van der Waals surface area (Å²) in [5, 5.41) is 11.3. The number of anilines is 1. The Morgan fingerprint density at radius 1 is 1.02 bits per heavy atom. The zero-order valence-corrected chi connectivity index (χ0v) is 35.4. The molecule has 2 aliphatic heterocycles. The van der Waals surface area contributed by atoms with Gasteiger partial charge in [-0.1, -0.05) is 38.1 Å². The van der Waals surface area contributed by atoms with Crippen molar-refractivity contribution in [2.45, 2.75) is 108 Å². The molecule has 1 saturated heterocycles. The Bertz CT molecular complexity index is 2340. The summed E-state index contributed by atoms with van der Waals surface area (Å²) in [5.41, 5.74) is -0.565. The number of amides is 4. The number of carbonyl (C=O) groups is 4. The maximum atomic E-state index is 15.0. The molecule has 3 fully saturated rings. The highest BCUT2D eigenvalue weighted by atomic mass is 32.2. The Morgan fingerprint density at radius 2 is 1.71 bits per heavy atom. The molecule has 2 saturated carbocycles. The van der Waals surface area contributed by atoms with E-state index in [2.05, 4.69) is 27.4 Å². The number of rotatable bonds is 9. The van der Waals surface area contributed by atoms with Gasteiger partial charge in [0.05, 0.1) is 22.1 Å². The lowest BCUT2D eigenvalue weighted by molar-refractivity contribution is -0.142. The van der Waals surface area contributed by atoms with Crippen LogP contribution in [-0.4, -0.2) is 95.8 Å². The quantitative estimate of drug-likeness (QED) is 0.270. The van der Waals surface area contributed by atoms with Crippen LogP contribution in [0.5, 0.6) is 5.88 Å². The lowest BCUT2D eigenvalue weighted by Crippen LogP contribution is -2.59. The van der Waals surface area contributed by atoms with E-state index in [1.807, 2.05) is 50.2 Å². The van der Waals surface area contributed by atoms with Crippen LogP contribution in [0, 0.1) is 17.8 Å². The van der Waals surface area contributed by atoms with Crippen molar-refractivity contribution in [3.05, 3.63) is 76.6 Å². The minimum Gasteiger partial charge on any atom is -0.471 e. The highest BCUT2D eigenvalue weighted by Crippen LogP contribution is 2.47. The molecule has 7 atom stereocenters. The minimum atomic E-state index is -4.02. The number of nitrogens with one attached hydrogen (secondary N) is 3. The highest BCUT2D eigenvalue weighted by molar-refractivity contribution is 7.91. The van der Waals surface area contributed by atoms with Crippen molar-refractivity contribution in [1.82, 2.24) is 30.0 Å². The lowest BCUT2D eigenvalue weighted by Gasteiger charge is -2.33. The molecule has 7 unspecified atom stereocenters. The first kappa shape index (κ1) is 41.9. The van der Waals surface area contributed by atoms with Crippen LogP contribution >= 0.6 is 0 Å². The van der Waals surface area contributed by atoms with E-state index in [4.69, 9.17) is 4.74 Å². The lowest BCUT2D eigenvalue weighted by atomic mass is 9.87. The summed E-state index contributed by atoms with van der Waals surface area (Å²) in [6, 6.07) is 11.8. The summed E-state index contributed by atoms with van der Waals surface area (Å²) in [6.07, 6.45) is 6.08. The Hall–Kier alpha value is -5.25. The topological polar surface area (TPSA) is 189 Å². The molecular weight excluding hydrogens is 775 g/mol. The van der Waals surface area contributed by atoms with E-state index < -0.39 is 68.0 Å². The third kappa shape index (κ3) is 8.32. The third-order valence-electron chi connectivity index (χ3n) is 12.6. The SMILES string of the molecule is CCn1nc(OC2CC3C(=O)NC4(C(=O)NS(=O)(=O)C5(C)CC5)CC4C=CCCC(C)CC(C)C(NC(=O)c4ccc(N(C)C)cc4)C(=O)N3C2)c2ccccc2c1=O. The summed E-state index contributed by atoms with van der Waals surface area (Å²) in [6.45, 7) is 7.59. The maximum Gasteiger partial charge on any atom is 0.274 e. The molecule has 59 heavy (non-hydrogen) atoms. The van der Waals surface area contributed by atoms with Crippen LogP contribution < -0.4 is 30.6 Å². The number of benzene rings is 2. The molecule has 3 aromatic rings. The smallest absolute Gasteiger partial charge is 0.274 e. The first-order valence-corrected chi connectivity index (χ1v) is 22.1. The fraction of sp³-hybridized carbons (Fsp3) is 0.535. The second-order valence-electron chi connectivity index (χ2n) is 17.3. The van der Waals surface area contributed by atoms with Gasteiger partial charge in [0, 0.05) is 44.2 Å². The van der Waals surface area contributed by atoms with Crippen molar-refractivity contribution in [2.24, 2.45) is 17.8 Å². The summed E-state index contributed by atoms with van der Waals surface area (Å²) in [7, 11) is -0.224. The van der Waals surface area contributed by atoms with Crippen molar-refractivity contribution < 1.29 is 32.3 Å². The molecule has 0 radical (unpaired) electrons. The number of aromatic nitrogens is 2. The molecular formula is C43H55N7O8S. The van der Waals surface area contributed by atoms with E-state index in [-0.39, 0.29) is 49.2 Å². The number of sulfonamides is 1. The predicted molar refractivity (Wildman–Crippen MR) is 223 cm³/mol. The van der Waals surface area contributed by atoms with Gasteiger partial charge in [-0.15, -0.1) is 5.10 Å². The van der Waals surface area contributed by atoms with Crippen molar-refractivity contribution in [1.29, 1.82) is 0 Å². The zero-order chi connectivity index (χ0) is 42.4. The number of carbonyl (C=O) groups excluding carboxylic acids is 4. The van der Waals surface area contributed by atoms with Crippen LogP contribution in [0.4, 0.5) is 5.69 Å². The van der Waals surface area contributed by atoms with E-state index in [0.29, 0.717) is 42.0 Å². The van der Waals surface area contributed by atoms with Gasteiger partial charge in [-0.25, -0.2) is 13.1 Å². The van der Waals surface area contributed by atoms with Crippen LogP contribution in [-0.2, 0) is 31.0 Å². The van der Waals surface area contributed by atoms with E-state index in [0.717, 1.165) is 12.1 Å². The summed E-state index contributed by atoms with van der Waals surface area (Å²) in [5.74, 6) is -2.91. The fourth-order valence-electron chi connectivity index (χ4n) is 8.40. The van der Waals surface area contributed by atoms with Crippen molar-refractivity contribution in [2.75, 3.05) is 25.5 Å². The number of hydrogen-bond acceptors (Lipinski definition) is 10. The van der Waals surface area contributed by atoms with E-state index >= 15 is 4.79 Å². The van der Waals surface area contributed by atoms with Gasteiger partial charge in [-0.05, 0) is 101 Å². The van der Waals surface area contributed by atoms with Crippen molar-refractivity contribution in [3.63, 3.8) is 0 Å². The van der Waals surface area contributed by atoms with Gasteiger partial charge in [0.1, 0.15) is 23.7 Å². The summed E-state index contributed by atoms with van der Waals surface area (Å²) >= 11 is 0. The monoisotopic (exact) mass is 829 g/mol. The molecule has 15 nitrogen and oxygen atoms in total. The van der Waals surface area contributed by atoms with Gasteiger partial charge in [0.25, 0.3) is 17.4 Å². The molecule has 3 N–H and O–H groups in total. The number of allylic oxidation sites excluding steroid dienone is 1. The number of aryl methyl sites for hydroxylation is 1. The second-order valence-corrected chi connectivity index (χ2v) is 19.5. The predicted octanol–water partition coefficient (Wildman–Crippen LogP) is 3.52. The Kier molecular flexibility index (Phi) is 11.4. The largest absolute Gasteiger partial charge is 0.471 e. The standard InChI is InChI=1S/C43H55N7O8S/c1-7-50-39(53)33-15-11-10-14-32(33)38(46-50)58-31-23-34-37(52)45-43(41(55)47-59(56,57)42(4)20-21-42)24-29(43)13-9-8-12-26(2)22-27(3)35(40(54)49(34)25-31)44-36(51)28-16-18-30(19-17-28)48(5)6/h9-11,13-19,26-27,29,31,34-35H,7-8,12,20-25H2,1-6H3,(H,44,51)(H,45,52)(H,47,55). The van der Waals surface area contributed by atoms with Crippen LogP contribution in [0.25, 0.3) is 10.8 Å². The minimum absolute atomic E-state index is 0.00907. The van der Waals surface area contributed by atoms with Gasteiger partial charge in [-0.2, -0.15) is 0 Å². The van der Waals surface area contributed by atoms with Gasteiger partial charge in [0.2, 0.25) is 27.7 Å². The normalized spacial score (nSPS) is 28.0. The van der Waals surface area contributed by atoms with Crippen molar-refractivity contribution in [3.8, 4) is 5.88 Å². The Balaban J connectivity index is 1.25. The fourth-order valence-corrected chi connectivity index (χ4v) is 9.71. The van der Waals surface area contributed by atoms with Crippen LogP contribution in [0.15, 0.2) is 65.5 Å². The Labute approximate surface area is 345 Å². The first-order chi connectivity index (χ1) is 28.0. The van der Waals surface area contributed by atoms with Crippen LogP contribution in [0.3, 0.4) is 0 Å². The molecule has 2 aromatic carbocycles. The van der Waals surface area contributed by atoms with Crippen LogP contribution in [0.2, 0.25) is 0 Å². The number of nitrogens with zero attached hydrogens (tertiary/aromatic N) is 4. The van der Waals surface area contributed by atoms with Gasteiger partial charge in [-0.3, -0.25) is 28.7 Å². The molecule has 4 amide bonds. The van der Waals surface area contributed by atoms with E-state index in [1.165, 1.54) is 9.58 Å². The average Bonchev–Trinajstić information content (AvgIpc) is 4.09.